The molecule has 0 spiro atoms. The van der Waals surface area contributed by atoms with Crippen LogP contribution in [0.5, 0.6) is 5.75 Å². The van der Waals surface area contributed by atoms with Crippen molar-refractivity contribution in [2.45, 2.75) is 12.7 Å². The Labute approximate surface area is 170 Å². The van der Waals surface area contributed by atoms with E-state index in [1.807, 2.05) is 48.5 Å². The molecule has 5 heteroatoms. The fourth-order valence-corrected chi connectivity index (χ4v) is 2.82. The van der Waals surface area contributed by atoms with Crippen molar-refractivity contribution in [3.05, 3.63) is 102 Å². The fraction of sp³-hybridized carbons (Fsp3) is 0.167. The minimum Gasteiger partial charge on any atom is -0.489 e. The van der Waals surface area contributed by atoms with Gasteiger partial charge in [0.05, 0.1) is 5.56 Å². The van der Waals surface area contributed by atoms with Crippen molar-refractivity contribution in [2.75, 3.05) is 14.1 Å². The van der Waals surface area contributed by atoms with E-state index < -0.39 is 12.1 Å². The molecule has 1 atom stereocenters. The van der Waals surface area contributed by atoms with Crippen molar-refractivity contribution >= 4 is 11.9 Å². The molecule has 0 fully saturated rings. The lowest BCUT2D eigenvalue weighted by Gasteiger charge is -2.21. The summed E-state index contributed by atoms with van der Waals surface area (Å²) in [5.74, 6) is -0.163. The number of nitrogens with zero attached hydrogens (tertiary/aromatic N) is 1. The van der Waals surface area contributed by atoms with Crippen molar-refractivity contribution < 1.29 is 19.1 Å². The molecule has 0 aliphatic rings. The predicted octanol–water partition coefficient (Wildman–Crippen LogP) is 4.25. The third kappa shape index (κ3) is 5.23. The number of esters is 1. The van der Waals surface area contributed by atoms with E-state index in [1.54, 1.807) is 50.5 Å². The van der Waals surface area contributed by atoms with E-state index in [0.717, 1.165) is 0 Å². The monoisotopic (exact) mass is 389 g/mol. The van der Waals surface area contributed by atoms with Gasteiger partial charge in [-0.1, -0.05) is 66.7 Å². The Morgan fingerprint density at radius 1 is 0.828 bits per heavy atom. The lowest BCUT2D eigenvalue weighted by molar-refractivity contribution is -0.138. The minimum absolute atomic E-state index is 0.215. The molecule has 0 heterocycles. The molecule has 0 saturated carbocycles. The van der Waals surface area contributed by atoms with Gasteiger partial charge >= 0.3 is 5.97 Å². The lowest BCUT2D eigenvalue weighted by Crippen LogP contribution is -2.31. The number of para-hydroxylation sites is 1. The van der Waals surface area contributed by atoms with Crippen molar-refractivity contribution in [1.29, 1.82) is 0 Å². The molecule has 29 heavy (non-hydrogen) atoms. The Hall–Kier alpha value is -3.60. The second kappa shape index (κ2) is 9.55. The summed E-state index contributed by atoms with van der Waals surface area (Å²) in [5.41, 5.74) is 1.68. The number of carbonyl (C=O) groups excluding carboxylic acids is 2. The van der Waals surface area contributed by atoms with E-state index in [0.29, 0.717) is 22.4 Å². The standard InChI is InChI=1S/C24H23NO4/c1-25(2)23(26)22(18-11-5-3-6-12-18)29-24(27)21-16-10-9-13-19(21)17-28-20-14-7-4-8-15-20/h3-16,22H,17H2,1-2H3. The maximum Gasteiger partial charge on any atom is 0.339 e. The van der Waals surface area contributed by atoms with Gasteiger partial charge in [0.25, 0.3) is 5.91 Å². The Bertz CT molecular complexity index is 955. The molecule has 1 unspecified atom stereocenters. The third-order valence-corrected chi connectivity index (χ3v) is 4.37. The molecule has 0 saturated heterocycles. The number of rotatable bonds is 7. The molecule has 3 aromatic rings. The number of benzene rings is 3. The van der Waals surface area contributed by atoms with Crippen molar-refractivity contribution in [3.63, 3.8) is 0 Å². The molecular formula is C24H23NO4. The minimum atomic E-state index is -1.01. The third-order valence-electron chi connectivity index (χ3n) is 4.37. The second-order valence-electron chi connectivity index (χ2n) is 6.69. The van der Waals surface area contributed by atoms with Crippen LogP contribution in [0.15, 0.2) is 84.9 Å². The molecule has 3 rings (SSSR count). The van der Waals surface area contributed by atoms with Crippen molar-refractivity contribution in [1.82, 2.24) is 4.90 Å². The number of amides is 1. The number of hydrogen-bond donors (Lipinski definition) is 0. The summed E-state index contributed by atoms with van der Waals surface area (Å²) in [4.78, 5) is 27.0. The second-order valence-corrected chi connectivity index (χ2v) is 6.69. The first-order valence-electron chi connectivity index (χ1n) is 9.29. The van der Waals surface area contributed by atoms with Gasteiger partial charge in [-0.15, -0.1) is 0 Å². The molecule has 0 radical (unpaired) electrons. The van der Waals surface area contributed by atoms with Gasteiger partial charge < -0.3 is 14.4 Å². The van der Waals surface area contributed by atoms with Crippen LogP contribution in [-0.4, -0.2) is 30.9 Å². The smallest absolute Gasteiger partial charge is 0.339 e. The topological polar surface area (TPSA) is 55.8 Å². The highest BCUT2D eigenvalue weighted by Crippen LogP contribution is 2.23. The first kappa shape index (κ1) is 20.1. The van der Waals surface area contributed by atoms with E-state index in [1.165, 1.54) is 4.90 Å². The SMILES string of the molecule is CN(C)C(=O)C(OC(=O)c1ccccc1COc1ccccc1)c1ccccc1. The Morgan fingerprint density at radius 2 is 1.41 bits per heavy atom. The first-order valence-corrected chi connectivity index (χ1v) is 9.29. The summed E-state index contributed by atoms with van der Waals surface area (Å²) in [5, 5.41) is 0. The van der Waals surface area contributed by atoms with Crippen LogP contribution in [0.2, 0.25) is 0 Å². The number of ether oxygens (including phenoxy) is 2. The Balaban J connectivity index is 1.80. The van der Waals surface area contributed by atoms with Gasteiger partial charge in [0.1, 0.15) is 12.4 Å². The average Bonchev–Trinajstić information content (AvgIpc) is 2.77. The van der Waals surface area contributed by atoms with Crippen molar-refractivity contribution in [3.8, 4) is 5.75 Å². The number of hydrogen-bond acceptors (Lipinski definition) is 4. The summed E-state index contributed by atoms with van der Waals surface area (Å²) < 4.78 is 11.4. The largest absolute Gasteiger partial charge is 0.489 e. The van der Waals surface area contributed by atoms with Crippen LogP contribution in [0, 0.1) is 0 Å². The van der Waals surface area contributed by atoms with Crippen LogP contribution in [-0.2, 0) is 16.1 Å². The summed E-state index contributed by atoms with van der Waals surface area (Å²) in [6, 6.07) is 25.4. The molecule has 0 aromatic heterocycles. The zero-order chi connectivity index (χ0) is 20.6. The maximum absolute atomic E-state index is 12.9. The molecule has 5 nitrogen and oxygen atoms in total. The fourth-order valence-electron chi connectivity index (χ4n) is 2.82. The Kier molecular flexibility index (Phi) is 6.63. The quantitative estimate of drug-likeness (QED) is 0.567. The van der Waals surface area contributed by atoms with Crippen LogP contribution in [0.25, 0.3) is 0 Å². The normalized spacial score (nSPS) is 11.4. The van der Waals surface area contributed by atoms with Gasteiger partial charge in [-0.25, -0.2) is 4.79 Å². The highest BCUT2D eigenvalue weighted by atomic mass is 16.5. The lowest BCUT2D eigenvalue weighted by atomic mass is 10.1. The average molecular weight is 389 g/mol. The van der Waals surface area contributed by atoms with E-state index >= 15 is 0 Å². The Morgan fingerprint density at radius 3 is 2.07 bits per heavy atom. The van der Waals surface area contributed by atoms with Crippen LogP contribution < -0.4 is 4.74 Å². The highest BCUT2D eigenvalue weighted by molar-refractivity contribution is 5.93. The van der Waals surface area contributed by atoms with Gasteiger partial charge in [-0.3, -0.25) is 4.79 Å². The molecular weight excluding hydrogens is 366 g/mol. The van der Waals surface area contributed by atoms with E-state index in [2.05, 4.69) is 0 Å². The van der Waals surface area contributed by atoms with E-state index in [9.17, 15) is 9.59 Å². The van der Waals surface area contributed by atoms with E-state index in [-0.39, 0.29) is 12.5 Å². The predicted molar refractivity (Wildman–Crippen MR) is 111 cm³/mol. The number of carbonyl (C=O) groups is 2. The summed E-state index contributed by atoms with van der Waals surface area (Å²) in [6.07, 6.45) is -1.01. The van der Waals surface area contributed by atoms with Gasteiger partial charge in [0.15, 0.2) is 0 Å². The maximum atomic E-state index is 12.9. The molecule has 1 amide bonds. The van der Waals surface area contributed by atoms with Crippen LogP contribution in [0.3, 0.4) is 0 Å². The van der Waals surface area contributed by atoms with Crippen LogP contribution in [0.1, 0.15) is 27.6 Å². The highest BCUT2D eigenvalue weighted by Gasteiger charge is 2.27. The summed E-state index contributed by atoms with van der Waals surface area (Å²) >= 11 is 0. The summed E-state index contributed by atoms with van der Waals surface area (Å²) in [7, 11) is 3.27. The van der Waals surface area contributed by atoms with Crippen LogP contribution in [0.4, 0.5) is 0 Å². The van der Waals surface area contributed by atoms with Crippen molar-refractivity contribution in [2.24, 2.45) is 0 Å². The van der Waals surface area contributed by atoms with Gasteiger partial charge in [0.2, 0.25) is 6.10 Å². The summed E-state index contributed by atoms with van der Waals surface area (Å²) in [6.45, 7) is 0.215. The van der Waals surface area contributed by atoms with Gasteiger partial charge in [-0.2, -0.15) is 0 Å². The first-order chi connectivity index (χ1) is 14.1. The molecule has 148 valence electrons. The molecule has 0 aliphatic carbocycles. The zero-order valence-electron chi connectivity index (χ0n) is 16.4. The van der Waals surface area contributed by atoms with Gasteiger partial charge in [0, 0.05) is 25.2 Å². The number of likely N-dealkylation sites (N-methyl/N-ethyl adjacent to an activating group) is 1. The van der Waals surface area contributed by atoms with Gasteiger partial charge in [-0.05, 0) is 18.2 Å². The molecule has 0 bridgehead atoms. The molecule has 0 aliphatic heterocycles. The molecule has 3 aromatic carbocycles. The van der Waals surface area contributed by atoms with E-state index in [4.69, 9.17) is 9.47 Å². The molecule has 0 N–H and O–H groups in total. The zero-order valence-corrected chi connectivity index (χ0v) is 16.4. The van der Waals surface area contributed by atoms with Crippen LogP contribution >= 0.6 is 0 Å².